The maximum atomic E-state index is 12.8. The van der Waals surface area contributed by atoms with Gasteiger partial charge in [-0.1, -0.05) is 40.6 Å². The Morgan fingerprint density at radius 2 is 1.82 bits per heavy atom. The van der Waals surface area contributed by atoms with Crippen molar-refractivity contribution in [3.63, 3.8) is 0 Å². The second kappa shape index (κ2) is 7.63. The van der Waals surface area contributed by atoms with E-state index in [0.29, 0.717) is 5.13 Å². The molecule has 28 heavy (non-hydrogen) atoms. The van der Waals surface area contributed by atoms with Gasteiger partial charge in [-0.05, 0) is 36.4 Å². The second-order valence-corrected chi connectivity index (χ2v) is 7.61. The van der Waals surface area contributed by atoms with E-state index in [9.17, 15) is 4.79 Å². The van der Waals surface area contributed by atoms with E-state index >= 15 is 0 Å². The fourth-order valence-electron chi connectivity index (χ4n) is 2.63. The van der Waals surface area contributed by atoms with Crippen molar-refractivity contribution in [3.8, 4) is 5.69 Å². The molecule has 2 aromatic carbocycles. The van der Waals surface area contributed by atoms with Gasteiger partial charge in [0.1, 0.15) is 10.7 Å². The lowest BCUT2D eigenvalue weighted by Gasteiger charge is -2.05. The number of aromatic nitrogens is 3. The van der Waals surface area contributed by atoms with Crippen LogP contribution in [-0.2, 0) is 0 Å². The largest absolute Gasteiger partial charge is 0.382 e. The van der Waals surface area contributed by atoms with E-state index < -0.39 is 0 Å². The number of carbonyl (C=O) groups is 1. The van der Waals surface area contributed by atoms with Crippen LogP contribution in [0.4, 0.5) is 16.6 Å². The Bertz CT molecular complexity index is 1120. The quantitative estimate of drug-likeness (QED) is 0.426. The number of hydrogen-bond acceptors (Lipinski definition) is 6. The van der Waals surface area contributed by atoms with Crippen LogP contribution >= 0.6 is 34.5 Å². The van der Waals surface area contributed by atoms with E-state index in [1.165, 1.54) is 0 Å². The van der Waals surface area contributed by atoms with Crippen molar-refractivity contribution in [2.24, 2.45) is 0 Å². The standard InChI is InChI=1S/C19H13Cl2N5OS/c20-13-2-1-3-14(21)15(13)16(27)17-18(22)25-19(28-17)24-11-4-6-12(7-5-11)26-9-8-23-10-26/h1-10H,22H2,(H,24,25). The summed E-state index contributed by atoms with van der Waals surface area (Å²) >= 11 is 13.4. The number of halogens is 2. The highest BCUT2D eigenvalue weighted by atomic mass is 35.5. The number of nitrogens with one attached hydrogen (secondary N) is 1. The molecule has 0 aliphatic rings. The Hall–Kier alpha value is -2.87. The van der Waals surface area contributed by atoms with E-state index in [4.69, 9.17) is 28.9 Å². The summed E-state index contributed by atoms with van der Waals surface area (Å²) in [6.45, 7) is 0. The zero-order valence-electron chi connectivity index (χ0n) is 14.3. The Morgan fingerprint density at radius 3 is 2.46 bits per heavy atom. The molecule has 0 aliphatic carbocycles. The first-order chi connectivity index (χ1) is 13.5. The highest BCUT2D eigenvalue weighted by Gasteiger charge is 2.22. The number of nitrogen functional groups attached to an aromatic ring is 1. The highest BCUT2D eigenvalue weighted by molar-refractivity contribution is 7.18. The maximum Gasteiger partial charge on any atom is 0.209 e. The van der Waals surface area contributed by atoms with Crippen LogP contribution in [0.1, 0.15) is 15.2 Å². The van der Waals surface area contributed by atoms with E-state index in [2.05, 4.69) is 15.3 Å². The van der Waals surface area contributed by atoms with E-state index in [-0.39, 0.29) is 32.1 Å². The maximum absolute atomic E-state index is 12.8. The van der Waals surface area contributed by atoms with E-state index in [0.717, 1.165) is 22.7 Å². The van der Waals surface area contributed by atoms with Gasteiger partial charge in [0.05, 0.1) is 21.9 Å². The monoisotopic (exact) mass is 429 g/mol. The first-order valence-electron chi connectivity index (χ1n) is 8.13. The topological polar surface area (TPSA) is 85.8 Å². The molecule has 0 saturated carbocycles. The molecule has 0 radical (unpaired) electrons. The summed E-state index contributed by atoms with van der Waals surface area (Å²) < 4.78 is 1.90. The number of anilines is 3. The summed E-state index contributed by atoms with van der Waals surface area (Å²) in [5, 5.41) is 4.20. The lowest BCUT2D eigenvalue weighted by Crippen LogP contribution is -2.04. The minimum Gasteiger partial charge on any atom is -0.382 e. The minimum atomic E-state index is -0.353. The zero-order valence-corrected chi connectivity index (χ0v) is 16.6. The normalized spacial score (nSPS) is 10.8. The van der Waals surface area contributed by atoms with Gasteiger partial charge < -0.3 is 15.6 Å². The molecule has 2 heterocycles. The molecular weight excluding hydrogens is 417 g/mol. The highest BCUT2D eigenvalue weighted by Crippen LogP contribution is 2.34. The van der Waals surface area contributed by atoms with Gasteiger partial charge >= 0.3 is 0 Å². The number of carbonyl (C=O) groups excluding carboxylic acids is 1. The van der Waals surface area contributed by atoms with Gasteiger partial charge in [-0.2, -0.15) is 0 Å². The Labute approximate surface area is 174 Å². The van der Waals surface area contributed by atoms with Crippen LogP contribution in [0.2, 0.25) is 10.0 Å². The summed E-state index contributed by atoms with van der Waals surface area (Å²) in [6, 6.07) is 12.6. The number of thiazole rings is 1. The summed E-state index contributed by atoms with van der Waals surface area (Å²) in [4.78, 5) is 21.4. The molecule has 2 aromatic heterocycles. The molecule has 0 fully saturated rings. The van der Waals surface area contributed by atoms with Crippen molar-refractivity contribution in [2.45, 2.75) is 0 Å². The second-order valence-electron chi connectivity index (χ2n) is 5.80. The van der Waals surface area contributed by atoms with Gasteiger partial charge in [0.2, 0.25) is 5.78 Å². The van der Waals surface area contributed by atoms with Gasteiger partial charge in [0.15, 0.2) is 5.13 Å². The summed E-state index contributed by atoms with van der Waals surface area (Å²) in [6.07, 6.45) is 5.30. The number of nitrogens with zero attached hydrogens (tertiary/aromatic N) is 3. The predicted octanol–water partition coefficient (Wildman–Crippen LogP) is 5.19. The van der Waals surface area contributed by atoms with Gasteiger partial charge in [0.25, 0.3) is 0 Å². The van der Waals surface area contributed by atoms with Crippen LogP contribution in [0.5, 0.6) is 0 Å². The number of hydrogen-bond donors (Lipinski definition) is 2. The molecule has 0 saturated heterocycles. The fourth-order valence-corrected chi connectivity index (χ4v) is 4.05. The van der Waals surface area contributed by atoms with Crippen molar-refractivity contribution in [3.05, 3.63) is 81.7 Å². The molecule has 4 rings (SSSR count). The number of ketones is 1. The van der Waals surface area contributed by atoms with Crippen molar-refractivity contribution >= 4 is 57.0 Å². The number of imidazole rings is 1. The average Bonchev–Trinajstić information content (AvgIpc) is 3.32. The molecule has 9 heteroatoms. The third-order valence-electron chi connectivity index (χ3n) is 3.97. The van der Waals surface area contributed by atoms with Crippen LogP contribution in [0.25, 0.3) is 5.69 Å². The Balaban J connectivity index is 1.57. The lowest BCUT2D eigenvalue weighted by atomic mass is 10.1. The van der Waals surface area contributed by atoms with E-state index in [1.807, 2.05) is 35.0 Å². The van der Waals surface area contributed by atoms with Gasteiger partial charge in [-0.3, -0.25) is 4.79 Å². The number of benzene rings is 2. The van der Waals surface area contributed by atoms with Crippen molar-refractivity contribution in [1.29, 1.82) is 0 Å². The Kier molecular flexibility index (Phi) is 5.04. The molecule has 0 bridgehead atoms. The van der Waals surface area contributed by atoms with Crippen molar-refractivity contribution in [1.82, 2.24) is 14.5 Å². The van der Waals surface area contributed by atoms with Crippen LogP contribution in [0.3, 0.4) is 0 Å². The smallest absolute Gasteiger partial charge is 0.209 e. The van der Waals surface area contributed by atoms with Crippen LogP contribution in [0.15, 0.2) is 61.2 Å². The molecule has 3 N–H and O–H groups in total. The zero-order chi connectivity index (χ0) is 19.7. The molecule has 140 valence electrons. The van der Waals surface area contributed by atoms with Gasteiger partial charge in [0, 0.05) is 23.8 Å². The molecule has 0 unspecified atom stereocenters. The van der Waals surface area contributed by atoms with E-state index in [1.54, 1.807) is 30.7 Å². The third kappa shape index (κ3) is 3.60. The molecular formula is C19H13Cl2N5OS. The molecule has 6 nitrogen and oxygen atoms in total. The summed E-state index contributed by atoms with van der Waals surface area (Å²) in [7, 11) is 0. The lowest BCUT2D eigenvalue weighted by molar-refractivity contribution is 0.104. The third-order valence-corrected chi connectivity index (χ3v) is 5.59. The molecule has 4 aromatic rings. The van der Waals surface area contributed by atoms with Crippen molar-refractivity contribution < 1.29 is 4.79 Å². The number of nitrogens with two attached hydrogens (primary N) is 1. The predicted molar refractivity (Wildman–Crippen MR) is 113 cm³/mol. The Morgan fingerprint density at radius 1 is 1.11 bits per heavy atom. The first-order valence-corrected chi connectivity index (χ1v) is 9.70. The first kappa shape index (κ1) is 18.5. The number of rotatable bonds is 5. The summed E-state index contributed by atoms with van der Waals surface area (Å²) in [5.41, 5.74) is 7.97. The van der Waals surface area contributed by atoms with Gasteiger partial charge in [-0.15, -0.1) is 0 Å². The molecule has 0 amide bonds. The van der Waals surface area contributed by atoms with Crippen molar-refractivity contribution in [2.75, 3.05) is 11.1 Å². The minimum absolute atomic E-state index is 0.128. The fraction of sp³-hybridized carbons (Fsp3) is 0. The van der Waals surface area contributed by atoms with Crippen LogP contribution in [0, 0.1) is 0 Å². The van der Waals surface area contributed by atoms with Gasteiger partial charge in [-0.25, -0.2) is 9.97 Å². The average molecular weight is 430 g/mol. The molecule has 0 aliphatic heterocycles. The summed E-state index contributed by atoms with van der Waals surface area (Å²) in [5.74, 6) is -0.224. The SMILES string of the molecule is Nc1nc(Nc2ccc(-n3ccnc3)cc2)sc1C(=O)c1c(Cl)cccc1Cl. The molecule has 0 atom stereocenters. The molecule has 0 spiro atoms. The van der Waals surface area contributed by atoms with Crippen LogP contribution < -0.4 is 11.1 Å². The van der Waals surface area contributed by atoms with Crippen LogP contribution in [-0.4, -0.2) is 20.3 Å².